The number of amides is 3. The summed E-state index contributed by atoms with van der Waals surface area (Å²) in [6.45, 7) is 3.63. The van der Waals surface area contributed by atoms with E-state index in [9.17, 15) is 9.59 Å². The van der Waals surface area contributed by atoms with Crippen molar-refractivity contribution in [3.8, 4) is 11.5 Å². The number of benzene rings is 2. The second kappa shape index (κ2) is 8.13. The number of rotatable bonds is 5. The minimum atomic E-state index is -0.452. The van der Waals surface area contributed by atoms with Gasteiger partial charge in [0.25, 0.3) is 0 Å². The van der Waals surface area contributed by atoms with Crippen LogP contribution in [0.4, 0.5) is 16.2 Å². The third-order valence-corrected chi connectivity index (χ3v) is 3.80. The lowest BCUT2D eigenvalue weighted by Crippen LogP contribution is -2.35. The maximum atomic E-state index is 12.2. The van der Waals surface area contributed by atoms with Gasteiger partial charge in [0.2, 0.25) is 18.2 Å². The Morgan fingerprint density at radius 2 is 1.93 bits per heavy atom. The van der Waals surface area contributed by atoms with Gasteiger partial charge in [-0.15, -0.1) is 10.2 Å². The number of urea groups is 1. The molecule has 27 heavy (non-hydrogen) atoms. The summed E-state index contributed by atoms with van der Waals surface area (Å²) in [5.74, 6) is 0.0151. The third kappa shape index (κ3) is 4.91. The van der Waals surface area contributed by atoms with Gasteiger partial charge in [-0.05, 0) is 49.2 Å². The van der Waals surface area contributed by atoms with Crippen LogP contribution in [0.2, 0.25) is 0 Å². The highest BCUT2D eigenvalue weighted by atomic mass is 16.4. The first-order valence-corrected chi connectivity index (χ1v) is 8.30. The van der Waals surface area contributed by atoms with Crippen LogP contribution in [0.15, 0.2) is 53.3 Å². The van der Waals surface area contributed by atoms with Crippen LogP contribution < -0.4 is 16.0 Å². The van der Waals surface area contributed by atoms with Gasteiger partial charge < -0.3 is 20.4 Å². The highest BCUT2D eigenvalue weighted by Gasteiger charge is 2.10. The molecule has 0 saturated carbocycles. The SMILES string of the molecule is Cc1cccc(NC(=O)NCC(=O)Nc2cc(-c3nnco3)ccc2C)c1. The zero-order valence-corrected chi connectivity index (χ0v) is 14.9. The van der Waals surface area contributed by atoms with Crippen molar-refractivity contribution >= 4 is 23.3 Å². The van der Waals surface area contributed by atoms with Crippen LogP contribution >= 0.6 is 0 Å². The molecule has 0 bridgehead atoms. The lowest BCUT2D eigenvalue weighted by atomic mass is 10.1. The summed E-state index contributed by atoms with van der Waals surface area (Å²) < 4.78 is 5.16. The highest BCUT2D eigenvalue weighted by Crippen LogP contribution is 2.23. The molecule has 3 N–H and O–H groups in total. The van der Waals surface area contributed by atoms with Gasteiger partial charge in [0, 0.05) is 16.9 Å². The minimum Gasteiger partial charge on any atom is -0.423 e. The fourth-order valence-electron chi connectivity index (χ4n) is 2.44. The largest absolute Gasteiger partial charge is 0.423 e. The van der Waals surface area contributed by atoms with Crippen molar-refractivity contribution in [2.24, 2.45) is 0 Å². The summed E-state index contributed by atoms with van der Waals surface area (Å²) in [5, 5.41) is 15.5. The maximum absolute atomic E-state index is 12.2. The molecule has 3 rings (SSSR count). The Morgan fingerprint density at radius 3 is 2.67 bits per heavy atom. The first-order valence-electron chi connectivity index (χ1n) is 8.30. The molecule has 0 saturated heterocycles. The summed E-state index contributed by atoms with van der Waals surface area (Å²) in [6, 6.07) is 12.3. The molecule has 8 nitrogen and oxygen atoms in total. The van der Waals surface area contributed by atoms with Gasteiger partial charge in [0.1, 0.15) is 0 Å². The second-order valence-electron chi connectivity index (χ2n) is 6.00. The van der Waals surface area contributed by atoms with Crippen molar-refractivity contribution in [2.75, 3.05) is 17.2 Å². The Morgan fingerprint density at radius 1 is 1.07 bits per heavy atom. The molecule has 2 aromatic carbocycles. The zero-order valence-electron chi connectivity index (χ0n) is 14.9. The normalized spacial score (nSPS) is 10.3. The number of nitrogens with one attached hydrogen (secondary N) is 3. The van der Waals surface area contributed by atoms with E-state index >= 15 is 0 Å². The number of hydrogen-bond acceptors (Lipinski definition) is 5. The molecule has 0 fully saturated rings. The van der Waals surface area contributed by atoms with Gasteiger partial charge in [0.05, 0.1) is 6.54 Å². The predicted molar refractivity (Wildman–Crippen MR) is 101 cm³/mol. The number of anilines is 2. The Hall–Kier alpha value is -3.68. The summed E-state index contributed by atoms with van der Waals surface area (Å²) in [5.41, 5.74) is 3.86. The quantitative estimate of drug-likeness (QED) is 0.644. The van der Waals surface area contributed by atoms with Crippen LogP contribution in [-0.2, 0) is 4.79 Å². The van der Waals surface area contributed by atoms with Crippen molar-refractivity contribution in [1.29, 1.82) is 0 Å². The van der Waals surface area contributed by atoms with Crippen LogP contribution in [-0.4, -0.2) is 28.7 Å². The fourth-order valence-corrected chi connectivity index (χ4v) is 2.44. The number of aromatic nitrogens is 2. The molecule has 8 heteroatoms. The van der Waals surface area contributed by atoms with Crippen molar-refractivity contribution < 1.29 is 14.0 Å². The molecule has 3 amide bonds. The van der Waals surface area contributed by atoms with E-state index in [2.05, 4.69) is 26.1 Å². The van der Waals surface area contributed by atoms with Crippen molar-refractivity contribution in [3.63, 3.8) is 0 Å². The van der Waals surface area contributed by atoms with E-state index in [0.29, 0.717) is 22.8 Å². The average Bonchev–Trinajstić information content (AvgIpc) is 3.16. The topological polar surface area (TPSA) is 109 Å². The van der Waals surface area contributed by atoms with E-state index in [-0.39, 0.29) is 12.5 Å². The van der Waals surface area contributed by atoms with Gasteiger partial charge in [-0.25, -0.2) is 4.79 Å². The zero-order chi connectivity index (χ0) is 19.2. The number of hydrogen-bond donors (Lipinski definition) is 3. The van der Waals surface area contributed by atoms with E-state index in [0.717, 1.165) is 11.1 Å². The molecule has 0 aliphatic rings. The third-order valence-electron chi connectivity index (χ3n) is 3.80. The molecule has 1 heterocycles. The van der Waals surface area contributed by atoms with E-state index < -0.39 is 6.03 Å². The van der Waals surface area contributed by atoms with Crippen molar-refractivity contribution in [1.82, 2.24) is 15.5 Å². The summed E-state index contributed by atoms with van der Waals surface area (Å²) in [7, 11) is 0. The Balaban J connectivity index is 1.56. The van der Waals surface area contributed by atoms with Gasteiger partial charge >= 0.3 is 6.03 Å². The van der Waals surface area contributed by atoms with Gasteiger partial charge in [0.15, 0.2) is 0 Å². The molecular weight excluding hydrogens is 346 g/mol. The Labute approximate surface area is 156 Å². The van der Waals surface area contributed by atoms with Gasteiger partial charge in [-0.1, -0.05) is 18.2 Å². The van der Waals surface area contributed by atoms with Crippen LogP contribution in [0.1, 0.15) is 11.1 Å². The van der Waals surface area contributed by atoms with Gasteiger partial charge in [-0.2, -0.15) is 0 Å². The average molecular weight is 365 g/mol. The Bertz CT molecular complexity index is 954. The molecule has 0 aliphatic carbocycles. The van der Waals surface area contributed by atoms with Crippen molar-refractivity contribution in [2.45, 2.75) is 13.8 Å². The predicted octanol–water partition coefficient (Wildman–Crippen LogP) is 3.11. The molecule has 0 atom stereocenters. The summed E-state index contributed by atoms with van der Waals surface area (Å²) >= 11 is 0. The summed E-state index contributed by atoms with van der Waals surface area (Å²) in [4.78, 5) is 24.1. The van der Waals surface area contributed by atoms with Crippen LogP contribution in [0.5, 0.6) is 0 Å². The van der Waals surface area contributed by atoms with E-state index in [1.807, 2.05) is 44.2 Å². The lowest BCUT2D eigenvalue weighted by Gasteiger charge is -2.11. The number of carbonyl (C=O) groups excluding carboxylic acids is 2. The number of nitrogens with zero attached hydrogens (tertiary/aromatic N) is 2. The molecule has 0 radical (unpaired) electrons. The molecule has 138 valence electrons. The lowest BCUT2D eigenvalue weighted by molar-refractivity contribution is -0.115. The molecule has 1 aromatic heterocycles. The Kier molecular flexibility index (Phi) is 5.46. The van der Waals surface area contributed by atoms with Crippen LogP contribution in [0, 0.1) is 13.8 Å². The first-order chi connectivity index (χ1) is 13.0. The van der Waals surface area contributed by atoms with Gasteiger partial charge in [-0.3, -0.25) is 4.79 Å². The summed E-state index contributed by atoms with van der Waals surface area (Å²) in [6.07, 6.45) is 1.24. The maximum Gasteiger partial charge on any atom is 0.319 e. The molecular formula is C19H19N5O3. The monoisotopic (exact) mass is 365 g/mol. The molecule has 0 aliphatic heterocycles. The van der Waals surface area contributed by atoms with E-state index in [1.54, 1.807) is 12.1 Å². The molecule has 0 unspecified atom stereocenters. The smallest absolute Gasteiger partial charge is 0.319 e. The fraction of sp³-hybridized carbons (Fsp3) is 0.158. The standard InChI is InChI=1S/C19H19N5O3/c1-12-4-3-5-15(8-12)22-19(26)20-10-17(25)23-16-9-14(7-6-13(16)2)18-24-21-11-27-18/h3-9,11H,10H2,1-2H3,(H,23,25)(H2,20,22,26). The number of carbonyl (C=O) groups is 2. The van der Waals surface area contributed by atoms with Crippen LogP contribution in [0.25, 0.3) is 11.5 Å². The van der Waals surface area contributed by atoms with E-state index in [1.165, 1.54) is 6.39 Å². The first kappa shape index (κ1) is 18.1. The molecule has 0 spiro atoms. The highest BCUT2D eigenvalue weighted by molar-refractivity contribution is 5.97. The number of aryl methyl sites for hydroxylation is 2. The second-order valence-corrected chi connectivity index (χ2v) is 6.00. The van der Waals surface area contributed by atoms with Crippen molar-refractivity contribution in [3.05, 3.63) is 60.0 Å². The molecule has 3 aromatic rings. The van der Waals surface area contributed by atoms with Crippen LogP contribution in [0.3, 0.4) is 0 Å². The van der Waals surface area contributed by atoms with E-state index in [4.69, 9.17) is 4.42 Å². The minimum absolute atomic E-state index is 0.165.